The van der Waals surface area contributed by atoms with E-state index in [1.165, 1.54) is 12.5 Å². The first-order chi connectivity index (χ1) is 16.0. The van der Waals surface area contributed by atoms with Gasteiger partial charge in [0.15, 0.2) is 0 Å². The number of hydrogen-bond acceptors (Lipinski definition) is 9. The van der Waals surface area contributed by atoms with Gasteiger partial charge in [0.2, 0.25) is 0 Å². The fourth-order valence-electron chi connectivity index (χ4n) is 3.26. The Morgan fingerprint density at radius 2 is 1.97 bits per heavy atom. The standard InChI is InChI=1S/C22H31N7O4/c1-16(2)33-18-6-4-17(5-7-18)27-22(31)29-10-8-28(9-11-29)21-19(20(23)24-15-25-21)14-26-32-13-3-12-30/h4-7,14-16,30H,3,8-13H2,1-2H3,(H,27,31)(H2,23,24,25). The molecule has 33 heavy (non-hydrogen) atoms. The summed E-state index contributed by atoms with van der Waals surface area (Å²) >= 11 is 0. The molecule has 1 aromatic heterocycles. The minimum atomic E-state index is -0.159. The number of urea groups is 1. The molecule has 1 saturated heterocycles. The van der Waals surface area contributed by atoms with Crippen molar-refractivity contribution in [3.05, 3.63) is 36.2 Å². The highest BCUT2D eigenvalue weighted by atomic mass is 16.6. The van der Waals surface area contributed by atoms with Crippen LogP contribution in [0.1, 0.15) is 25.8 Å². The molecule has 11 heteroatoms. The summed E-state index contributed by atoms with van der Waals surface area (Å²) in [6.07, 6.45) is 3.47. The zero-order valence-corrected chi connectivity index (χ0v) is 19.0. The van der Waals surface area contributed by atoms with Crippen molar-refractivity contribution in [1.29, 1.82) is 0 Å². The molecular formula is C22H31N7O4. The predicted octanol–water partition coefficient (Wildman–Crippen LogP) is 1.93. The molecular weight excluding hydrogens is 426 g/mol. The minimum Gasteiger partial charge on any atom is -0.491 e. The third-order valence-corrected chi connectivity index (χ3v) is 4.89. The molecule has 1 fully saturated rings. The first-order valence-electron chi connectivity index (χ1n) is 10.9. The minimum absolute atomic E-state index is 0.0348. The second-order valence-electron chi connectivity index (χ2n) is 7.74. The summed E-state index contributed by atoms with van der Waals surface area (Å²) in [4.78, 5) is 30.0. The van der Waals surface area contributed by atoms with Gasteiger partial charge >= 0.3 is 6.03 Å². The number of nitrogen functional groups attached to an aromatic ring is 1. The summed E-state index contributed by atoms with van der Waals surface area (Å²) in [5.74, 6) is 1.69. The van der Waals surface area contributed by atoms with Crippen LogP contribution in [0.2, 0.25) is 0 Å². The summed E-state index contributed by atoms with van der Waals surface area (Å²) in [6, 6.07) is 7.16. The Balaban J connectivity index is 1.56. The number of rotatable bonds is 9. The molecule has 2 aromatic rings. The lowest BCUT2D eigenvalue weighted by Crippen LogP contribution is -2.50. The number of benzene rings is 1. The number of carbonyl (C=O) groups excluding carboxylic acids is 1. The van der Waals surface area contributed by atoms with Gasteiger partial charge in [-0.15, -0.1) is 0 Å². The number of oxime groups is 1. The number of aliphatic hydroxyl groups excluding tert-OH is 1. The van der Waals surface area contributed by atoms with Crippen molar-refractivity contribution in [1.82, 2.24) is 14.9 Å². The quantitative estimate of drug-likeness (QED) is 0.295. The van der Waals surface area contributed by atoms with E-state index in [0.717, 1.165) is 5.75 Å². The molecule has 1 aliphatic heterocycles. The third kappa shape index (κ3) is 6.94. The normalized spacial score (nSPS) is 14.1. The summed E-state index contributed by atoms with van der Waals surface area (Å²) in [7, 11) is 0. The molecule has 0 bridgehead atoms. The molecule has 0 atom stereocenters. The predicted molar refractivity (Wildman–Crippen MR) is 127 cm³/mol. The van der Waals surface area contributed by atoms with E-state index in [1.807, 2.05) is 43.0 Å². The first kappa shape index (κ1) is 24.1. The van der Waals surface area contributed by atoms with Crippen LogP contribution in [-0.4, -0.2) is 77.7 Å². The molecule has 1 aromatic carbocycles. The van der Waals surface area contributed by atoms with Gasteiger partial charge in [-0.1, -0.05) is 5.16 Å². The Morgan fingerprint density at radius 3 is 2.64 bits per heavy atom. The van der Waals surface area contributed by atoms with Crippen molar-refractivity contribution in [3.63, 3.8) is 0 Å². The van der Waals surface area contributed by atoms with E-state index in [1.54, 1.807) is 4.90 Å². The Bertz CT molecular complexity index is 929. The highest BCUT2D eigenvalue weighted by Gasteiger charge is 2.24. The van der Waals surface area contributed by atoms with E-state index in [2.05, 4.69) is 20.4 Å². The Morgan fingerprint density at radius 1 is 1.24 bits per heavy atom. The van der Waals surface area contributed by atoms with Crippen LogP contribution >= 0.6 is 0 Å². The highest BCUT2D eigenvalue weighted by Crippen LogP contribution is 2.22. The number of nitrogens with one attached hydrogen (secondary N) is 1. The molecule has 0 saturated carbocycles. The lowest BCUT2D eigenvalue weighted by molar-refractivity contribution is 0.125. The number of aliphatic hydroxyl groups is 1. The first-order valence-corrected chi connectivity index (χ1v) is 10.9. The molecule has 11 nitrogen and oxygen atoms in total. The van der Waals surface area contributed by atoms with Crippen molar-refractivity contribution in [2.75, 3.05) is 55.3 Å². The number of carbonyl (C=O) groups is 1. The summed E-state index contributed by atoms with van der Waals surface area (Å²) in [6.45, 7) is 6.47. The largest absolute Gasteiger partial charge is 0.491 e. The maximum atomic E-state index is 12.7. The number of hydrogen-bond donors (Lipinski definition) is 3. The molecule has 178 valence electrons. The summed E-state index contributed by atoms with van der Waals surface area (Å²) in [5.41, 5.74) is 7.29. The zero-order valence-electron chi connectivity index (χ0n) is 19.0. The van der Waals surface area contributed by atoms with Crippen molar-refractivity contribution in [3.8, 4) is 5.75 Å². The van der Waals surface area contributed by atoms with Crippen molar-refractivity contribution < 1.29 is 19.5 Å². The SMILES string of the molecule is CC(C)Oc1ccc(NC(=O)N2CCN(c3ncnc(N)c3C=NOCCCO)CC2)cc1. The van der Waals surface area contributed by atoms with Crippen LogP contribution in [0.15, 0.2) is 35.7 Å². The smallest absolute Gasteiger partial charge is 0.321 e. The van der Waals surface area contributed by atoms with Gasteiger partial charge in [0, 0.05) is 44.9 Å². The average molecular weight is 458 g/mol. The molecule has 1 aliphatic rings. The monoisotopic (exact) mass is 457 g/mol. The number of nitrogens with two attached hydrogens (primary N) is 1. The van der Waals surface area contributed by atoms with Gasteiger partial charge in [-0.2, -0.15) is 0 Å². The molecule has 0 aliphatic carbocycles. The number of amides is 2. The van der Waals surface area contributed by atoms with Crippen molar-refractivity contribution in [2.24, 2.45) is 5.16 Å². The molecule has 0 unspecified atom stereocenters. The number of anilines is 3. The lowest BCUT2D eigenvalue weighted by atomic mass is 10.2. The zero-order chi connectivity index (χ0) is 23.6. The Labute approximate surface area is 193 Å². The fraction of sp³-hybridized carbons (Fsp3) is 0.455. The van der Waals surface area contributed by atoms with E-state index < -0.39 is 0 Å². The number of aromatic nitrogens is 2. The van der Waals surface area contributed by atoms with Crippen molar-refractivity contribution >= 4 is 29.6 Å². The lowest BCUT2D eigenvalue weighted by Gasteiger charge is -2.35. The number of ether oxygens (including phenoxy) is 1. The molecule has 4 N–H and O–H groups in total. The summed E-state index contributed by atoms with van der Waals surface area (Å²) in [5, 5.41) is 15.6. The van der Waals surface area contributed by atoms with Gasteiger partial charge in [0.05, 0.1) is 17.9 Å². The Kier molecular flexibility index (Phi) is 8.64. The van der Waals surface area contributed by atoms with Crippen LogP contribution in [0.4, 0.5) is 22.1 Å². The average Bonchev–Trinajstić information content (AvgIpc) is 2.81. The number of piperazine rings is 1. The Hall–Kier alpha value is -3.60. The van der Waals surface area contributed by atoms with E-state index >= 15 is 0 Å². The van der Waals surface area contributed by atoms with Crippen LogP contribution in [0.3, 0.4) is 0 Å². The van der Waals surface area contributed by atoms with Gasteiger partial charge in [0.1, 0.15) is 30.3 Å². The topological polar surface area (TPSA) is 138 Å². The van der Waals surface area contributed by atoms with Gasteiger partial charge in [-0.05, 0) is 38.1 Å². The van der Waals surface area contributed by atoms with E-state index in [4.69, 9.17) is 20.4 Å². The number of nitrogens with zero attached hydrogens (tertiary/aromatic N) is 5. The highest BCUT2D eigenvalue weighted by molar-refractivity contribution is 5.92. The van der Waals surface area contributed by atoms with E-state index in [0.29, 0.717) is 62.1 Å². The van der Waals surface area contributed by atoms with Gasteiger partial charge in [-0.3, -0.25) is 0 Å². The van der Waals surface area contributed by atoms with Gasteiger partial charge in [0.25, 0.3) is 0 Å². The van der Waals surface area contributed by atoms with Crippen LogP contribution in [-0.2, 0) is 4.84 Å². The van der Waals surface area contributed by atoms with E-state index in [-0.39, 0.29) is 18.7 Å². The third-order valence-electron chi connectivity index (χ3n) is 4.89. The molecule has 3 rings (SSSR count). The van der Waals surface area contributed by atoms with Gasteiger partial charge in [-0.25, -0.2) is 14.8 Å². The molecule has 2 heterocycles. The van der Waals surface area contributed by atoms with Crippen LogP contribution in [0.5, 0.6) is 5.75 Å². The maximum Gasteiger partial charge on any atom is 0.321 e. The molecule has 0 spiro atoms. The van der Waals surface area contributed by atoms with Crippen LogP contribution in [0, 0.1) is 0 Å². The fourth-order valence-corrected chi connectivity index (χ4v) is 3.26. The van der Waals surface area contributed by atoms with Gasteiger partial charge < -0.3 is 35.5 Å². The second-order valence-corrected chi connectivity index (χ2v) is 7.74. The van der Waals surface area contributed by atoms with Crippen molar-refractivity contribution in [2.45, 2.75) is 26.4 Å². The second kappa shape index (κ2) is 11.9. The van der Waals surface area contributed by atoms with Crippen LogP contribution < -0.4 is 20.7 Å². The van der Waals surface area contributed by atoms with Crippen LogP contribution in [0.25, 0.3) is 0 Å². The summed E-state index contributed by atoms with van der Waals surface area (Å²) < 4.78 is 5.63. The maximum absolute atomic E-state index is 12.7. The molecule has 0 radical (unpaired) electrons. The van der Waals surface area contributed by atoms with E-state index in [9.17, 15) is 4.79 Å². The molecule has 2 amide bonds.